The zero-order valence-corrected chi connectivity index (χ0v) is 46.2. The minimum Gasteiger partial charge on any atom is -0.454 e. The predicted octanol–water partition coefficient (Wildman–Crippen LogP) is 13.4. The molecule has 1 amide bonds. The van der Waals surface area contributed by atoms with Gasteiger partial charge in [0, 0.05) is 6.42 Å². The number of rotatable bonds is 48. The van der Waals surface area contributed by atoms with Gasteiger partial charge in [-0.2, -0.15) is 0 Å². The molecule has 0 saturated carbocycles. The molecular weight excluding hydrogens is 919 g/mol. The van der Waals surface area contributed by atoms with Crippen LogP contribution < -0.4 is 5.32 Å². The van der Waals surface area contributed by atoms with Crippen molar-refractivity contribution in [1.29, 1.82) is 0 Å². The highest BCUT2D eigenvalue weighted by molar-refractivity contribution is 5.80. The maximum Gasteiger partial charge on any atom is 0.306 e. The average molecular weight is 1030 g/mol. The molecule has 0 spiro atoms. The highest BCUT2D eigenvalue weighted by atomic mass is 16.7. The Balaban J connectivity index is 2.78. The van der Waals surface area contributed by atoms with Gasteiger partial charge >= 0.3 is 5.97 Å². The normalized spacial score (nSPS) is 20.0. The largest absolute Gasteiger partial charge is 0.454 e. The summed E-state index contributed by atoms with van der Waals surface area (Å²) in [4.78, 5) is 26.5. The molecule has 73 heavy (non-hydrogen) atoms. The summed E-state index contributed by atoms with van der Waals surface area (Å²) in [7, 11) is 0. The minimum atomic E-state index is -1.63. The predicted molar refractivity (Wildman–Crippen MR) is 301 cm³/mol. The van der Waals surface area contributed by atoms with Crippen molar-refractivity contribution < 1.29 is 49.3 Å². The second-order valence-electron chi connectivity index (χ2n) is 20.0. The third-order valence-corrected chi connectivity index (χ3v) is 13.3. The number of carbonyl (C=O) groups excluding carboxylic acids is 2. The first-order chi connectivity index (χ1) is 35.7. The van der Waals surface area contributed by atoms with E-state index in [4.69, 9.17) is 14.2 Å². The molecular formula is C62H107NO10. The van der Waals surface area contributed by atoms with Crippen LogP contribution in [0.25, 0.3) is 0 Å². The summed E-state index contributed by atoms with van der Waals surface area (Å²) < 4.78 is 17.5. The average Bonchev–Trinajstić information content (AvgIpc) is 3.39. The van der Waals surface area contributed by atoms with Gasteiger partial charge in [0.25, 0.3) is 0 Å². The number of allylic oxidation sites excluding steroid dienone is 13. The number of amides is 1. The molecule has 420 valence electrons. The molecule has 1 fully saturated rings. The zero-order valence-electron chi connectivity index (χ0n) is 46.2. The molecule has 0 aromatic heterocycles. The number of aliphatic hydroxyl groups excluding tert-OH is 5. The second-order valence-corrected chi connectivity index (χ2v) is 20.0. The molecule has 1 heterocycles. The Morgan fingerprint density at radius 3 is 1.49 bits per heavy atom. The standard InChI is InChI=1S/C62H107NO10/c1-4-7-10-13-16-19-22-25-26-27-28-29-32-34-37-40-43-46-49-55(66)61(70)63-53(54(65)48-45-42-39-36-33-30-23-20-17-14-11-8-5-2)52-71-62-60(59(69)58(68)56(51-64)72-62)73-57(67)50-47-44-41-38-35-31-24-21-18-15-12-9-6-3/h7,10,16,19,25-26,28-29,31,34-35,37,45,48,53-56,58-60,62,64-66,68-69H,4-6,8-9,11-15,17-18,20-24,27,30,32-33,36,38-44,46-47,49-52H2,1-3H3,(H,63,70)/b10-7-,19-16-,26-25-,29-28-,35-31-,37-34-,48-45+. The molecule has 1 rings (SSSR count). The van der Waals surface area contributed by atoms with Crippen molar-refractivity contribution in [2.45, 2.75) is 282 Å². The Morgan fingerprint density at radius 2 is 0.986 bits per heavy atom. The van der Waals surface area contributed by atoms with Gasteiger partial charge in [0.15, 0.2) is 12.4 Å². The third-order valence-electron chi connectivity index (χ3n) is 13.3. The van der Waals surface area contributed by atoms with Gasteiger partial charge in [-0.15, -0.1) is 0 Å². The molecule has 1 saturated heterocycles. The van der Waals surface area contributed by atoms with Crippen LogP contribution in [-0.4, -0.2) is 99.6 Å². The Bertz CT molecular complexity index is 1510. The Kier molecular flexibility index (Phi) is 46.2. The monoisotopic (exact) mass is 1030 g/mol. The first-order valence-corrected chi connectivity index (χ1v) is 29.4. The fourth-order valence-electron chi connectivity index (χ4n) is 8.61. The SMILES string of the molecule is CC/C=C\C/C=C\C/C=C\C/C=C\C/C=C\CCCCC(O)C(=O)NC(COC1OC(CO)C(O)C(O)C1OC(=O)CCCCC/C=C\CCCCCCCC)C(O)/C=C/CCCCCCCCCCCCC. The van der Waals surface area contributed by atoms with Gasteiger partial charge in [-0.25, -0.2) is 0 Å². The maximum atomic E-state index is 13.4. The van der Waals surface area contributed by atoms with Gasteiger partial charge in [0.1, 0.15) is 24.4 Å². The molecule has 11 heteroatoms. The molecule has 1 aliphatic heterocycles. The molecule has 6 N–H and O–H groups in total. The number of nitrogens with one attached hydrogen (secondary N) is 1. The van der Waals surface area contributed by atoms with Crippen molar-refractivity contribution in [1.82, 2.24) is 5.32 Å². The van der Waals surface area contributed by atoms with Crippen LogP contribution >= 0.6 is 0 Å². The van der Waals surface area contributed by atoms with Crippen molar-refractivity contribution in [3.05, 3.63) is 85.1 Å². The van der Waals surface area contributed by atoms with Gasteiger partial charge in [0.2, 0.25) is 5.91 Å². The third kappa shape index (κ3) is 38.1. The van der Waals surface area contributed by atoms with Gasteiger partial charge < -0.3 is 45.1 Å². The molecule has 11 nitrogen and oxygen atoms in total. The van der Waals surface area contributed by atoms with E-state index in [9.17, 15) is 35.1 Å². The van der Waals surface area contributed by atoms with Crippen LogP contribution in [0.5, 0.6) is 0 Å². The molecule has 0 bridgehead atoms. The van der Waals surface area contributed by atoms with E-state index in [2.05, 4.69) is 99.0 Å². The Morgan fingerprint density at radius 1 is 0.548 bits per heavy atom. The van der Waals surface area contributed by atoms with E-state index in [1.54, 1.807) is 6.08 Å². The first-order valence-electron chi connectivity index (χ1n) is 29.4. The van der Waals surface area contributed by atoms with Crippen LogP contribution in [0.15, 0.2) is 85.1 Å². The van der Waals surface area contributed by atoms with Crippen LogP contribution in [0.1, 0.15) is 233 Å². The topological polar surface area (TPSA) is 175 Å². The number of carbonyl (C=O) groups is 2. The molecule has 8 atom stereocenters. The van der Waals surface area contributed by atoms with Gasteiger partial charge in [0.05, 0.1) is 25.4 Å². The van der Waals surface area contributed by atoms with E-state index >= 15 is 0 Å². The first kappa shape index (κ1) is 67.9. The van der Waals surface area contributed by atoms with E-state index in [1.165, 1.54) is 89.9 Å². The van der Waals surface area contributed by atoms with Crippen molar-refractivity contribution in [2.24, 2.45) is 0 Å². The van der Waals surface area contributed by atoms with Crippen LogP contribution in [-0.2, 0) is 23.8 Å². The van der Waals surface area contributed by atoms with E-state index in [0.717, 1.165) is 96.3 Å². The van der Waals surface area contributed by atoms with Crippen molar-refractivity contribution in [3.63, 3.8) is 0 Å². The lowest BCUT2D eigenvalue weighted by atomic mass is 9.99. The lowest BCUT2D eigenvalue weighted by Crippen LogP contribution is -2.61. The summed E-state index contributed by atoms with van der Waals surface area (Å²) in [5, 5.41) is 56.8. The van der Waals surface area contributed by atoms with Gasteiger partial charge in [-0.05, 0) is 96.3 Å². The number of esters is 1. The van der Waals surface area contributed by atoms with Gasteiger partial charge in [-0.1, -0.05) is 215 Å². The zero-order chi connectivity index (χ0) is 53.3. The number of ether oxygens (including phenoxy) is 3. The van der Waals surface area contributed by atoms with Crippen LogP contribution in [0, 0.1) is 0 Å². The highest BCUT2D eigenvalue weighted by Gasteiger charge is 2.47. The summed E-state index contributed by atoms with van der Waals surface area (Å²) in [6.07, 6.45) is 53.4. The molecule has 0 aliphatic carbocycles. The molecule has 1 aliphatic rings. The molecule has 0 radical (unpaired) electrons. The van der Waals surface area contributed by atoms with Gasteiger partial charge in [-0.3, -0.25) is 9.59 Å². The summed E-state index contributed by atoms with van der Waals surface area (Å²) >= 11 is 0. The summed E-state index contributed by atoms with van der Waals surface area (Å²) in [6.45, 7) is 5.62. The minimum absolute atomic E-state index is 0.0957. The Labute approximate surface area is 444 Å². The molecule has 0 aromatic carbocycles. The fraction of sp³-hybridized carbons (Fsp3) is 0.742. The number of aliphatic hydroxyl groups is 5. The van der Waals surface area contributed by atoms with E-state index in [0.29, 0.717) is 12.8 Å². The number of hydrogen-bond donors (Lipinski definition) is 6. The van der Waals surface area contributed by atoms with E-state index < -0.39 is 67.4 Å². The number of hydrogen-bond acceptors (Lipinski definition) is 10. The summed E-state index contributed by atoms with van der Waals surface area (Å²) in [6, 6.07) is -1.05. The maximum absolute atomic E-state index is 13.4. The van der Waals surface area contributed by atoms with Crippen LogP contribution in [0.3, 0.4) is 0 Å². The van der Waals surface area contributed by atoms with Crippen molar-refractivity contribution >= 4 is 11.9 Å². The second kappa shape index (κ2) is 49.7. The summed E-state index contributed by atoms with van der Waals surface area (Å²) in [5.74, 6) is -1.25. The smallest absolute Gasteiger partial charge is 0.306 e. The van der Waals surface area contributed by atoms with Crippen molar-refractivity contribution in [3.8, 4) is 0 Å². The fourth-order valence-corrected chi connectivity index (χ4v) is 8.61. The highest BCUT2D eigenvalue weighted by Crippen LogP contribution is 2.26. The summed E-state index contributed by atoms with van der Waals surface area (Å²) in [5.41, 5.74) is 0. The van der Waals surface area contributed by atoms with Crippen LogP contribution in [0.2, 0.25) is 0 Å². The number of unbranched alkanes of at least 4 members (excludes halogenated alkanes) is 22. The molecule has 8 unspecified atom stereocenters. The van der Waals surface area contributed by atoms with Crippen molar-refractivity contribution in [2.75, 3.05) is 13.2 Å². The van der Waals surface area contributed by atoms with Crippen LogP contribution in [0.4, 0.5) is 0 Å². The van der Waals surface area contributed by atoms with E-state index in [1.807, 2.05) is 6.08 Å². The Hall–Kier alpha value is -3.16. The van der Waals surface area contributed by atoms with E-state index in [-0.39, 0.29) is 19.4 Å². The molecule has 0 aromatic rings. The quantitative estimate of drug-likeness (QED) is 0.0195. The lowest BCUT2D eigenvalue weighted by Gasteiger charge is -2.41. The lowest BCUT2D eigenvalue weighted by molar-refractivity contribution is -0.305.